The average Bonchev–Trinajstić information content (AvgIpc) is 2.67. The van der Waals surface area contributed by atoms with Gasteiger partial charge in [0, 0.05) is 24.1 Å². The van der Waals surface area contributed by atoms with E-state index in [2.05, 4.69) is 10.5 Å². The van der Waals surface area contributed by atoms with Crippen molar-refractivity contribution in [2.45, 2.75) is 52.1 Å². The van der Waals surface area contributed by atoms with Gasteiger partial charge < -0.3 is 15.6 Å². The molecule has 1 heterocycles. The molecule has 0 aromatic carbocycles. The third-order valence-corrected chi connectivity index (χ3v) is 3.88. The molecule has 18 heavy (non-hydrogen) atoms. The molecule has 0 unspecified atom stereocenters. The van der Waals surface area contributed by atoms with Crippen LogP contribution in [0.25, 0.3) is 0 Å². The summed E-state index contributed by atoms with van der Waals surface area (Å²) in [6, 6.07) is 0.467. The maximum absolute atomic E-state index is 11.1. The lowest BCUT2D eigenvalue weighted by Crippen LogP contribution is -2.36. The van der Waals surface area contributed by atoms with E-state index in [0.717, 1.165) is 49.2 Å². The molecule has 1 saturated carbocycles. The number of carbonyl (C=O) groups excluding carboxylic acids is 1. The second-order valence-electron chi connectivity index (χ2n) is 5.13. The van der Waals surface area contributed by atoms with E-state index in [1.165, 1.54) is 0 Å². The van der Waals surface area contributed by atoms with Crippen molar-refractivity contribution in [2.24, 2.45) is 11.7 Å². The monoisotopic (exact) mass is 251 g/mol. The first-order valence-corrected chi connectivity index (χ1v) is 6.52. The Morgan fingerprint density at radius 1 is 1.39 bits per heavy atom. The highest BCUT2D eigenvalue weighted by Crippen LogP contribution is 2.24. The highest BCUT2D eigenvalue weighted by Gasteiger charge is 2.24. The van der Waals surface area contributed by atoms with Gasteiger partial charge in [0.1, 0.15) is 5.76 Å². The van der Waals surface area contributed by atoms with Gasteiger partial charge in [0.25, 0.3) is 0 Å². The maximum atomic E-state index is 11.1. The van der Waals surface area contributed by atoms with Crippen LogP contribution in [0.2, 0.25) is 0 Å². The number of hydrogen-bond acceptors (Lipinski definition) is 4. The molecule has 5 nitrogen and oxygen atoms in total. The second-order valence-corrected chi connectivity index (χ2v) is 5.13. The normalized spacial score (nSPS) is 24.1. The molecule has 0 aliphatic heterocycles. The van der Waals surface area contributed by atoms with Crippen LogP contribution in [-0.2, 0) is 11.3 Å². The summed E-state index contributed by atoms with van der Waals surface area (Å²) >= 11 is 0. The van der Waals surface area contributed by atoms with Crippen molar-refractivity contribution >= 4 is 5.91 Å². The standard InChI is InChI=1S/C13H21N3O2/c1-8-12(9(2)18-16-8)7-15-11-5-3-10(4-6-11)13(14)17/h10-11,15H,3-7H2,1-2H3,(H2,14,17). The lowest BCUT2D eigenvalue weighted by Gasteiger charge is -2.27. The minimum absolute atomic E-state index is 0.0714. The Hall–Kier alpha value is -1.36. The second kappa shape index (κ2) is 5.52. The third kappa shape index (κ3) is 2.90. The number of primary amides is 1. The Morgan fingerprint density at radius 2 is 2.06 bits per heavy atom. The summed E-state index contributed by atoms with van der Waals surface area (Å²) in [6.07, 6.45) is 3.82. The summed E-state index contributed by atoms with van der Waals surface area (Å²) in [5.41, 5.74) is 7.42. The Morgan fingerprint density at radius 3 is 2.56 bits per heavy atom. The maximum Gasteiger partial charge on any atom is 0.220 e. The molecule has 1 aliphatic rings. The van der Waals surface area contributed by atoms with Crippen LogP contribution >= 0.6 is 0 Å². The summed E-state index contributed by atoms with van der Waals surface area (Å²) < 4.78 is 5.13. The van der Waals surface area contributed by atoms with E-state index in [0.29, 0.717) is 6.04 Å². The van der Waals surface area contributed by atoms with Gasteiger partial charge in [0.2, 0.25) is 5.91 Å². The Bertz CT molecular complexity index is 400. The molecule has 5 heteroatoms. The molecular weight excluding hydrogens is 230 g/mol. The number of hydrogen-bond donors (Lipinski definition) is 2. The molecule has 1 aromatic rings. The first-order valence-electron chi connectivity index (χ1n) is 6.52. The Kier molecular flexibility index (Phi) is 4.01. The smallest absolute Gasteiger partial charge is 0.220 e. The number of nitrogens with two attached hydrogens (primary N) is 1. The fourth-order valence-electron chi connectivity index (χ4n) is 2.58. The van der Waals surface area contributed by atoms with E-state index in [1.54, 1.807) is 0 Å². The Labute approximate surface area is 107 Å². The predicted molar refractivity (Wildman–Crippen MR) is 67.8 cm³/mol. The summed E-state index contributed by atoms with van der Waals surface area (Å²) in [5.74, 6) is 0.798. The van der Waals surface area contributed by atoms with E-state index in [1.807, 2.05) is 13.8 Å². The van der Waals surface area contributed by atoms with Gasteiger partial charge in [0.05, 0.1) is 5.69 Å². The van der Waals surface area contributed by atoms with Crippen molar-refractivity contribution in [1.29, 1.82) is 0 Å². The molecule has 2 rings (SSSR count). The van der Waals surface area contributed by atoms with Crippen LogP contribution < -0.4 is 11.1 Å². The molecule has 1 aromatic heterocycles. The fourth-order valence-corrected chi connectivity index (χ4v) is 2.58. The number of nitrogens with one attached hydrogen (secondary N) is 1. The van der Waals surface area contributed by atoms with Gasteiger partial charge in [0.15, 0.2) is 0 Å². The van der Waals surface area contributed by atoms with Crippen molar-refractivity contribution in [1.82, 2.24) is 10.5 Å². The highest BCUT2D eigenvalue weighted by molar-refractivity contribution is 5.76. The topological polar surface area (TPSA) is 81.2 Å². The van der Waals surface area contributed by atoms with Crippen LogP contribution in [-0.4, -0.2) is 17.1 Å². The molecule has 0 radical (unpaired) electrons. The van der Waals surface area contributed by atoms with Crippen LogP contribution in [0.1, 0.15) is 42.7 Å². The third-order valence-electron chi connectivity index (χ3n) is 3.88. The van der Waals surface area contributed by atoms with Crippen LogP contribution in [0.5, 0.6) is 0 Å². The molecule has 100 valence electrons. The van der Waals surface area contributed by atoms with Crippen molar-refractivity contribution < 1.29 is 9.32 Å². The van der Waals surface area contributed by atoms with Crippen LogP contribution in [0.3, 0.4) is 0 Å². The molecule has 0 spiro atoms. The molecule has 1 fully saturated rings. The fraction of sp³-hybridized carbons (Fsp3) is 0.692. The van der Waals surface area contributed by atoms with E-state index in [9.17, 15) is 4.79 Å². The van der Waals surface area contributed by atoms with Gasteiger partial charge in [-0.3, -0.25) is 4.79 Å². The lowest BCUT2D eigenvalue weighted by molar-refractivity contribution is -0.122. The number of aromatic nitrogens is 1. The summed E-state index contributed by atoms with van der Waals surface area (Å²) in [7, 11) is 0. The summed E-state index contributed by atoms with van der Waals surface area (Å²) in [6.45, 7) is 4.67. The van der Waals surface area contributed by atoms with Gasteiger partial charge in [-0.25, -0.2) is 0 Å². The highest BCUT2D eigenvalue weighted by atomic mass is 16.5. The quantitative estimate of drug-likeness (QED) is 0.848. The van der Waals surface area contributed by atoms with Gasteiger partial charge in [-0.1, -0.05) is 5.16 Å². The largest absolute Gasteiger partial charge is 0.369 e. The molecule has 0 bridgehead atoms. The van der Waals surface area contributed by atoms with Crippen LogP contribution in [0.15, 0.2) is 4.52 Å². The SMILES string of the molecule is Cc1noc(C)c1CNC1CCC(C(N)=O)CC1. The number of carbonyl (C=O) groups is 1. The van der Waals surface area contributed by atoms with Gasteiger partial charge in [-0.2, -0.15) is 0 Å². The van der Waals surface area contributed by atoms with Crippen molar-refractivity contribution in [3.8, 4) is 0 Å². The Balaban J connectivity index is 1.81. The number of amides is 1. The van der Waals surface area contributed by atoms with Gasteiger partial charge >= 0.3 is 0 Å². The molecule has 1 aliphatic carbocycles. The predicted octanol–water partition coefficient (Wildman–Crippen LogP) is 1.43. The number of rotatable bonds is 4. The zero-order valence-corrected chi connectivity index (χ0v) is 11.0. The average molecular weight is 251 g/mol. The van der Waals surface area contributed by atoms with E-state index in [4.69, 9.17) is 10.3 Å². The summed E-state index contributed by atoms with van der Waals surface area (Å²) in [5, 5.41) is 7.45. The molecule has 3 N–H and O–H groups in total. The molecular formula is C13H21N3O2. The van der Waals surface area contributed by atoms with Crippen LogP contribution in [0, 0.1) is 19.8 Å². The minimum Gasteiger partial charge on any atom is -0.369 e. The van der Waals surface area contributed by atoms with Crippen molar-refractivity contribution in [3.63, 3.8) is 0 Å². The molecule has 0 saturated heterocycles. The van der Waals surface area contributed by atoms with E-state index in [-0.39, 0.29) is 11.8 Å². The number of nitrogens with zero attached hydrogens (tertiary/aromatic N) is 1. The molecule has 1 amide bonds. The first-order chi connectivity index (χ1) is 8.58. The van der Waals surface area contributed by atoms with E-state index >= 15 is 0 Å². The first kappa shape index (κ1) is 13.1. The van der Waals surface area contributed by atoms with Crippen molar-refractivity contribution in [3.05, 3.63) is 17.0 Å². The lowest BCUT2D eigenvalue weighted by atomic mass is 9.85. The zero-order chi connectivity index (χ0) is 13.1. The van der Waals surface area contributed by atoms with Crippen LogP contribution in [0.4, 0.5) is 0 Å². The zero-order valence-electron chi connectivity index (χ0n) is 11.0. The van der Waals surface area contributed by atoms with Gasteiger partial charge in [-0.15, -0.1) is 0 Å². The van der Waals surface area contributed by atoms with E-state index < -0.39 is 0 Å². The van der Waals surface area contributed by atoms with Gasteiger partial charge in [-0.05, 0) is 39.5 Å². The number of aryl methyl sites for hydroxylation is 2. The minimum atomic E-state index is -0.154. The summed E-state index contributed by atoms with van der Waals surface area (Å²) in [4.78, 5) is 11.1. The molecule has 0 atom stereocenters. The van der Waals surface area contributed by atoms with Crippen molar-refractivity contribution in [2.75, 3.05) is 0 Å².